The molecule has 0 amide bonds. The fourth-order valence-corrected chi connectivity index (χ4v) is 0.944. The quantitative estimate of drug-likeness (QED) is 0.624. The molecule has 0 aromatic heterocycles. The minimum Gasteiger partial charge on any atom is -0.198 e. The van der Waals surface area contributed by atoms with Gasteiger partial charge in [0.15, 0.2) is 0 Å². The van der Waals surface area contributed by atoms with Crippen LogP contribution in [-0.4, -0.2) is 0 Å². The summed E-state index contributed by atoms with van der Waals surface area (Å²) in [5.41, 5.74) is 1.18. The van der Waals surface area contributed by atoms with Crippen molar-refractivity contribution in [2.75, 3.05) is 0 Å². The van der Waals surface area contributed by atoms with Crippen LogP contribution in [0.2, 0.25) is 0 Å². The second kappa shape index (κ2) is 3.78. The topological polar surface area (TPSA) is 23.8 Å². The first-order valence-electron chi connectivity index (χ1n) is 3.59. The molecule has 1 nitrogen and oxygen atoms in total. The first-order chi connectivity index (χ1) is 5.33. The summed E-state index contributed by atoms with van der Waals surface area (Å²) in [5.74, 6) is -0.127. The van der Waals surface area contributed by atoms with Crippen molar-refractivity contribution in [2.24, 2.45) is 5.92 Å². The number of nitrogens with zero attached hydrogens (tertiary/aromatic N) is 1. The Morgan fingerprint density at radius 2 is 2.00 bits per heavy atom. The molecular formula is C10H10N. The number of hydrogen-bond acceptors (Lipinski definition) is 1. The van der Waals surface area contributed by atoms with Crippen molar-refractivity contribution < 1.29 is 0 Å². The molecule has 1 unspecified atom stereocenters. The summed E-state index contributed by atoms with van der Waals surface area (Å²) in [6.07, 6.45) is 0.747. The Hall–Kier alpha value is -1.29. The van der Waals surface area contributed by atoms with Gasteiger partial charge < -0.3 is 0 Å². The zero-order valence-corrected chi connectivity index (χ0v) is 6.33. The van der Waals surface area contributed by atoms with Crippen LogP contribution in [0.1, 0.15) is 5.56 Å². The summed E-state index contributed by atoms with van der Waals surface area (Å²) in [6.45, 7) is 3.69. The van der Waals surface area contributed by atoms with E-state index in [0.29, 0.717) is 0 Å². The Labute approximate surface area is 67.3 Å². The molecule has 1 heteroatoms. The van der Waals surface area contributed by atoms with Crippen LogP contribution in [0.15, 0.2) is 30.3 Å². The fourth-order valence-electron chi connectivity index (χ4n) is 0.944. The Bertz CT molecular complexity index is 245. The van der Waals surface area contributed by atoms with E-state index in [4.69, 9.17) is 5.26 Å². The Balaban J connectivity index is 2.60. The van der Waals surface area contributed by atoms with Crippen molar-refractivity contribution in [3.8, 4) is 6.07 Å². The molecule has 1 atom stereocenters. The van der Waals surface area contributed by atoms with Gasteiger partial charge in [0.25, 0.3) is 0 Å². The van der Waals surface area contributed by atoms with Crippen LogP contribution in [0.25, 0.3) is 0 Å². The second-order valence-corrected chi connectivity index (χ2v) is 2.52. The largest absolute Gasteiger partial charge is 0.198 e. The lowest BCUT2D eigenvalue weighted by atomic mass is 10.0. The molecule has 0 spiro atoms. The first kappa shape index (κ1) is 7.81. The van der Waals surface area contributed by atoms with Crippen LogP contribution in [0, 0.1) is 24.2 Å². The van der Waals surface area contributed by atoms with Crippen molar-refractivity contribution in [1.82, 2.24) is 0 Å². The third-order valence-electron chi connectivity index (χ3n) is 1.51. The average Bonchev–Trinajstić information content (AvgIpc) is 2.06. The lowest BCUT2D eigenvalue weighted by Crippen LogP contribution is -1.95. The molecule has 1 radical (unpaired) electrons. The van der Waals surface area contributed by atoms with E-state index in [9.17, 15) is 0 Å². The van der Waals surface area contributed by atoms with Gasteiger partial charge in [-0.25, -0.2) is 0 Å². The predicted molar refractivity (Wildman–Crippen MR) is 44.6 cm³/mol. The molecule has 0 aliphatic carbocycles. The lowest BCUT2D eigenvalue weighted by Gasteiger charge is -2.00. The fraction of sp³-hybridized carbons (Fsp3) is 0.200. The summed E-state index contributed by atoms with van der Waals surface area (Å²) in [7, 11) is 0. The number of hydrogen-bond donors (Lipinski definition) is 0. The van der Waals surface area contributed by atoms with Crippen LogP contribution in [0.4, 0.5) is 0 Å². The minimum atomic E-state index is -0.127. The second-order valence-electron chi connectivity index (χ2n) is 2.52. The third kappa shape index (κ3) is 2.43. The van der Waals surface area contributed by atoms with Gasteiger partial charge in [-0.3, -0.25) is 0 Å². The van der Waals surface area contributed by atoms with Crippen molar-refractivity contribution >= 4 is 0 Å². The van der Waals surface area contributed by atoms with Gasteiger partial charge >= 0.3 is 0 Å². The van der Waals surface area contributed by atoms with Crippen molar-refractivity contribution in [1.29, 1.82) is 5.26 Å². The molecular weight excluding hydrogens is 134 g/mol. The maximum absolute atomic E-state index is 8.48. The van der Waals surface area contributed by atoms with Gasteiger partial charge in [0.2, 0.25) is 0 Å². The lowest BCUT2D eigenvalue weighted by molar-refractivity contribution is 0.816. The van der Waals surface area contributed by atoms with Gasteiger partial charge in [0, 0.05) is 0 Å². The smallest absolute Gasteiger partial charge is 0.0659 e. The van der Waals surface area contributed by atoms with Crippen LogP contribution in [0.3, 0.4) is 0 Å². The van der Waals surface area contributed by atoms with E-state index in [1.54, 1.807) is 0 Å². The van der Waals surface area contributed by atoms with Crippen molar-refractivity contribution in [3.63, 3.8) is 0 Å². The highest BCUT2D eigenvalue weighted by Gasteiger charge is 1.99. The van der Waals surface area contributed by atoms with E-state index < -0.39 is 0 Å². The Morgan fingerprint density at radius 1 is 1.36 bits per heavy atom. The van der Waals surface area contributed by atoms with Crippen LogP contribution < -0.4 is 0 Å². The molecule has 0 saturated carbocycles. The summed E-state index contributed by atoms with van der Waals surface area (Å²) in [5, 5.41) is 8.48. The third-order valence-corrected chi connectivity index (χ3v) is 1.51. The van der Waals surface area contributed by atoms with Crippen LogP contribution in [-0.2, 0) is 6.42 Å². The average molecular weight is 144 g/mol. The SMILES string of the molecule is [CH2]C(C#N)Cc1ccccc1. The molecule has 0 bridgehead atoms. The van der Waals surface area contributed by atoms with Gasteiger partial charge in [-0.15, -0.1) is 0 Å². The van der Waals surface area contributed by atoms with Gasteiger partial charge in [-0.1, -0.05) is 30.3 Å². The molecule has 0 N–H and O–H groups in total. The summed E-state index contributed by atoms with van der Waals surface area (Å²) < 4.78 is 0. The van der Waals surface area contributed by atoms with Crippen molar-refractivity contribution in [2.45, 2.75) is 6.42 Å². The standard InChI is InChI=1S/C10H10N/c1-9(8-11)7-10-5-3-2-4-6-10/h2-6,9H,1,7H2. The Kier molecular flexibility index (Phi) is 2.68. The van der Waals surface area contributed by atoms with E-state index in [2.05, 4.69) is 13.0 Å². The van der Waals surface area contributed by atoms with E-state index in [1.165, 1.54) is 5.56 Å². The molecule has 1 aromatic carbocycles. The molecule has 0 heterocycles. The molecule has 0 saturated heterocycles. The monoisotopic (exact) mass is 144 g/mol. The highest BCUT2D eigenvalue weighted by atomic mass is 14.3. The molecule has 0 fully saturated rings. The maximum atomic E-state index is 8.48. The van der Waals surface area contributed by atoms with Crippen LogP contribution in [0.5, 0.6) is 0 Å². The van der Waals surface area contributed by atoms with E-state index in [0.717, 1.165) is 6.42 Å². The molecule has 1 aromatic rings. The van der Waals surface area contributed by atoms with E-state index in [-0.39, 0.29) is 5.92 Å². The zero-order valence-electron chi connectivity index (χ0n) is 6.33. The number of nitriles is 1. The molecule has 11 heavy (non-hydrogen) atoms. The molecule has 0 aliphatic heterocycles. The molecule has 55 valence electrons. The highest BCUT2D eigenvalue weighted by molar-refractivity contribution is 5.16. The maximum Gasteiger partial charge on any atom is 0.0659 e. The first-order valence-corrected chi connectivity index (χ1v) is 3.59. The van der Waals surface area contributed by atoms with Crippen molar-refractivity contribution in [3.05, 3.63) is 42.8 Å². The Morgan fingerprint density at radius 3 is 2.55 bits per heavy atom. The summed E-state index contributed by atoms with van der Waals surface area (Å²) in [6, 6.07) is 12.0. The number of rotatable bonds is 2. The van der Waals surface area contributed by atoms with E-state index in [1.807, 2.05) is 30.3 Å². The van der Waals surface area contributed by atoms with Crippen LogP contribution >= 0.6 is 0 Å². The normalized spacial score (nSPS) is 12.0. The van der Waals surface area contributed by atoms with Gasteiger partial charge in [-0.2, -0.15) is 5.26 Å². The van der Waals surface area contributed by atoms with Gasteiger partial charge in [0.05, 0.1) is 12.0 Å². The van der Waals surface area contributed by atoms with Gasteiger partial charge in [0.1, 0.15) is 0 Å². The zero-order chi connectivity index (χ0) is 8.10. The molecule has 0 aliphatic rings. The summed E-state index contributed by atoms with van der Waals surface area (Å²) >= 11 is 0. The van der Waals surface area contributed by atoms with E-state index >= 15 is 0 Å². The predicted octanol–water partition coefficient (Wildman–Crippen LogP) is 2.20. The molecule has 1 rings (SSSR count). The van der Waals surface area contributed by atoms with Gasteiger partial charge in [-0.05, 0) is 18.9 Å². The highest BCUT2D eigenvalue weighted by Crippen LogP contribution is 2.05. The summed E-state index contributed by atoms with van der Waals surface area (Å²) in [4.78, 5) is 0. The minimum absolute atomic E-state index is 0.127. The number of benzene rings is 1.